The highest BCUT2D eigenvalue weighted by atomic mass is 35.5. The zero-order valence-corrected chi connectivity index (χ0v) is 18.2. The number of nitrogens with one attached hydrogen (secondary N) is 2. The molecule has 0 spiro atoms. The van der Waals surface area contributed by atoms with Crippen LogP contribution in [0.3, 0.4) is 0 Å². The second-order valence-corrected chi connectivity index (χ2v) is 7.42. The van der Waals surface area contributed by atoms with E-state index in [9.17, 15) is 14.4 Å². The second-order valence-electron chi connectivity index (χ2n) is 6.06. The van der Waals surface area contributed by atoms with E-state index in [2.05, 4.69) is 20.8 Å². The molecule has 12 heteroatoms. The molecule has 2 aromatic carbocycles. The Kier molecular flexibility index (Phi) is 8.06. The van der Waals surface area contributed by atoms with E-state index in [1.807, 2.05) is 0 Å². The summed E-state index contributed by atoms with van der Waals surface area (Å²) in [6.45, 7) is -0.616. The molecule has 0 radical (unpaired) electrons. The van der Waals surface area contributed by atoms with E-state index in [4.69, 9.17) is 25.5 Å². The number of benzene rings is 2. The second kappa shape index (κ2) is 11.2. The van der Waals surface area contributed by atoms with Crippen molar-refractivity contribution in [1.29, 1.82) is 0 Å². The molecule has 0 bridgehead atoms. The minimum Gasteiger partial charge on any atom is -0.497 e. The van der Waals surface area contributed by atoms with Gasteiger partial charge in [-0.2, -0.15) is 0 Å². The van der Waals surface area contributed by atoms with Crippen LogP contribution in [-0.2, 0) is 14.3 Å². The Hall–Kier alpha value is -3.57. The molecule has 1 heterocycles. The van der Waals surface area contributed by atoms with Gasteiger partial charge >= 0.3 is 12.0 Å². The number of ether oxygens (including phenoxy) is 2. The monoisotopic (exact) mass is 476 g/mol. The van der Waals surface area contributed by atoms with Crippen molar-refractivity contribution < 1.29 is 28.3 Å². The van der Waals surface area contributed by atoms with Crippen LogP contribution in [0.25, 0.3) is 11.5 Å². The topological polar surface area (TPSA) is 133 Å². The molecule has 32 heavy (non-hydrogen) atoms. The third kappa shape index (κ3) is 7.00. The van der Waals surface area contributed by atoms with E-state index in [0.717, 1.165) is 11.8 Å². The lowest BCUT2D eigenvalue weighted by Crippen LogP contribution is -2.37. The van der Waals surface area contributed by atoms with Crippen LogP contribution in [0.15, 0.2) is 58.2 Å². The van der Waals surface area contributed by atoms with Gasteiger partial charge in [0.2, 0.25) is 5.89 Å². The van der Waals surface area contributed by atoms with Crippen molar-refractivity contribution in [2.45, 2.75) is 5.22 Å². The van der Waals surface area contributed by atoms with Crippen LogP contribution in [0.2, 0.25) is 5.02 Å². The van der Waals surface area contributed by atoms with Crippen LogP contribution in [0.5, 0.6) is 5.75 Å². The number of rotatable bonds is 8. The maximum Gasteiger partial charge on any atom is 0.325 e. The fraction of sp³-hybridized carbons (Fsp3) is 0.150. The highest BCUT2D eigenvalue weighted by molar-refractivity contribution is 7.99. The summed E-state index contributed by atoms with van der Waals surface area (Å²) < 4.78 is 15.3. The summed E-state index contributed by atoms with van der Waals surface area (Å²) in [6, 6.07) is 12.6. The summed E-state index contributed by atoms with van der Waals surface area (Å²) >= 11 is 6.79. The maximum absolute atomic E-state index is 11.8. The van der Waals surface area contributed by atoms with Crippen molar-refractivity contribution >= 4 is 47.0 Å². The van der Waals surface area contributed by atoms with Gasteiger partial charge in [-0.05, 0) is 48.5 Å². The average Bonchev–Trinajstić information content (AvgIpc) is 3.26. The molecule has 0 fully saturated rings. The van der Waals surface area contributed by atoms with Gasteiger partial charge in [0.1, 0.15) is 11.5 Å². The Labute approximate surface area is 191 Å². The molecule has 3 aromatic rings. The number of hydrogen-bond acceptors (Lipinski definition) is 9. The molecule has 2 N–H and O–H groups in total. The number of methoxy groups -OCH3 is 1. The normalized spacial score (nSPS) is 10.3. The van der Waals surface area contributed by atoms with Crippen LogP contribution in [0.4, 0.5) is 10.5 Å². The summed E-state index contributed by atoms with van der Waals surface area (Å²) in [5, 5.41) is 13.0. The Balaban J connectivity index is 1.37. The fourth-order valence-corrected chi connectivity index (χ4v) is 2.97. The fourth-order valence-electron chi connectivity index (χ4n) is 2.28. The van der Waals surface area contributed by atoms with Crippen molar-refractivity contribution in [1.82, 2.24) is 15.5 Å². The highest BCUT2D eigenvalue weighted by Crippen LogP contribution is 2.24. The first-order valence-electron chi connectivity index (χ1n) is 9.05. The molecule has 0 aliphatic heterocycles. The van der Waals surface area contributed by atoms with Crippen LogP contribution >= 0.6 is 23.4 Å². The van der Waals surface area contributed by atoms with Crippen LogP contribution in [-0.4, -0.2) is 47.6 Å². The molecule has 3 amide bonds. The predicted molar refractivity (Wildman–Crippen MR) is 117 cm³/mol. The Morgan fingerprint density at radius 2 is 1.78 bits per heavy atom. The number of hydrogen-bond donors (Lipinski definition) is 2. The van der Waals surface area contributed by atoms with Crippen molar-refractivity contribution in [2.75, 3.05) is 24.8 Å². The van der Waals surface area contributed by atoms with E-state index in [1.165, 1.54) is 7.11 Å². The van der Waals surface area contributed by atoms with E-state index < -0.39 is 24.5 Å². The van der Waals surface area contributed by atoms with E-state index in [1.54, 1.807) is 48.5 Å². The zero-order valence-electron chi connectivity index (χ0n) is 16.7. The van der Waals surface area contributed by atoms with Crippen molar-refractivity contribution in [3.8, 4) is 17.2 Å². The van der Waals surface area contributed by atoms with Gasteiger partial charge in [0, 0.05) is 16.3 Å². The number of carbonyl (C=O) groups excluding carboxylic acids is 3. The largest absolute Gasteiger partial charge is 0.497 e. The van der Waals surface area contributed by atoms with Crippen molar-refractivity contribution in [3.63, 3.8) is 0 Å². The molecule has 0 aliphatic carbocycles. The van der Waals surface area contributed by atoms with Gasteiger partial charge in [-0.15, -0.1) is 10.2 Å². The minimum atomic E-state index is -0.780. The molecule has 3 rings (SSSR count). The molecule has 0 saturated carbocycles. The first kappa shape index (κ1) is 23.1. The van der Waals surface area contributed by atoms with Gasteiger partial charge in [0.05, 0.1) is 7.11 Å². The van der Waals surface area contributed by atoms with Gasteiger partial charge in [-0.1, -0.05) is 23.4 Å². The standard InChI is InChI=1S/C20H17ClN4O6S/c1-29-15-8-6-14(7-9-15)22-19(28)23-16(26)10-30-17(27)11-32-20-25-24-18(31-20)12-2-4-13(21)5-3-12/h2-9H,10-11H2,1H3,(H2,22,23,26,28). The smallest absolute Gasteiger partial charge is 0.325 e. The average molecular weight is 477 g/mol. The number of thioether (sulfide) groups is 1. The maximum atomic E-state index is 11.8. The van der Waals surface area contributed by atoms with Crippen molar-refractivity contribution in [3.05, 3.63) is 53.6 Å². The van der Waals surface area contributed by atoms with E-state index in [0.29, 0.717) is 22.0 Å². The highest BCUT2D eigenvalue weighted by Gasteiger charge is 2.14. The number of urea groups is 1. The Bertz CT molecular complexity index is 1090. The summed E-state index contributed by atoms with van der Waals surface area (Å²) in [6.07, 6.45) is 0. The third-order valence-electron chi connectivity index (χ3n) is 3.78. The summed E-state index contributed by atoms with van der Waals surface area (Å²) in [5.74, 6) is -0.726. The summed E-state index contributed by atoms with van der Waals surface area (Å²) in [5.41, 5.74) is 1.14. The Morgan fingerprint density at radius 3 is 2.47 bits per heavy atom. The molecule has 0 unspecified atom stereocenters. The zero-order chi connectivity index (χ0) is 22.9. The van der Waals surface area contributed by atoms with E-state index >= 15 is 0 Å². The molecule has 166 valence electrons. The first-order valence-corrected chi connectivity index (χ1v) is 10.4. The Morgan fingerprint density at radius 1 is 1.06 bits per heavy atom. The number of halogens is 1. The predicted octanol–water partition coefficient (Wildman–Crippen LogP) is 3.38. The molecule has 0 saturated heterocycles. The summed E-state index contributed by atoms with van der Waals surface area (Å²) in [7, 11) is 1.52. The SMILES string of the molecule is COc1ccc(NC(=O)NC(=O)COC(=O)CSc2nnc(-c3ccc(Cl)cc3)o2)cc1. The molecule has 0 aliphatic rings. The molecule has 10 nitrogen and oxygen atoms in total. The van der Waals surface area contributed by atoms with Gasteiger partial charge in [0.25, 0.3) is 11.1 Å². The minimum absolute atomic E-state index is 0.159. The van der Waals surface area contributed by atoms with Gasteiger partial charge < -0.3 is 19.2 Å². The van der Waals surface area contributed by atoms with Gasteiger partial charge in [0.15, 0.2) is 6.61 Å². The quantitative estimate of drug-likeness (QED) is 0.370. The lowest BCUT2D eigenvalue weighted by atomic mass is 10.2. The number of amides is 3. The first-order chi connectivity index (χ1) is 15.4. The lowest BCUT2D eigenvalue weighted by molar-refractivity contribution is -0.145. The summed E-state index contributed by atoms with van der Waals surface area (Å²) in [4.78, 5) is 35.4. The van der Waals surface area contributed by atoms with Crippen LogP contribution < -0.4 is 15.4 Å². The van der Waals surface area contributed by atoms with Crippen LogP contribution in [0, 0.1) is 0 Å². The molecular weight excluding hydrogens is 460 g/mol. The molecule has 0 atom stereocenters. The van der Waals surface area contributed by atoms with Crippen molar-refractivity contribution in [2.24, 2.45) is 0 Å². The van der Waals surface area contributed by atoms with Crippen LogP contribution in [0.1, 0.15) is 0 Å². The van der Waals surface area contributed by atoms with Gasteiger partial charge in [-0.25, -0.2) is 4.79 Å². The number of nitrogens with zero attached hydrogens (tertiary/aromatic N) is 2. The van der Waals surface area contributed by atoms with E-state index in [-0.39, 0.29) is 16.9 Å². The number of imide groups is 1. The molecule has 1 aromatic heterocycles. The lowest BCUT2D eigenvalue weighted by Gasteiger charge is -2.08. The number of aromatic nitrogens is 2. The number of carbonyl (C=O) groups is 3. The number of esters is 1. The third-order valence-corrected chi connectivity index (χ3v) is 4.82. The van der Waals surface area contributed by atoms with Gasteiger partial charge in [-0.3, -0.25) is 14.9 Å². The molecular formula is C20H17ClN4O6S. The number of anilines is 1.